The lowest BCUT2D eigenvalue weighted by Crippen LogP contribution is -2.29. The van der Waals surface area contributed by atoms with Crippen molar-refractivity contribution >= 4 is 23.0 Å². The second-order valence-corrected chi connectivity index (χ2v) is 8.95. The van der Waals surface area contributed by atoms with E-state index >= 15 is 0 Å². The lowest BCUT2D eigenvalue weighted by molar-refractivity contribution is 0.340. The number of aromatic nitrogens is 2. The zero-order chi connectivity index (χ0) is 24.5. The van der Waals surface area contributed by atoms with Crippen molar-refractivity contribution in [2.75, 3.05) is 11.5 Å². The minimum Gasteiger partial charge on any atom is -0.494 e. The molecule has 2 aromatic carbocycles. The average Bonchev–Trinajstić information content (AvgIpc) is 3.35. The molecule has 3 heterocycles. The van der Waals surface area contributed by atoms with Crippen LogP contribution in [0.15, 0.2) is 79.0 Å². The highest BCUT2D eigenvalue weighted by molar-refractivity contribution is 7.80. The smallest absolute Gasteiger partial charge is 0.174 e. The molecule has 1 aliphatic rings. The summed E-state index contributed by atoms with van der Waals surface area (Å²) < 4.78 is 21.8. The van der Waals surface area contributed by atoms with Crippen LogP contribution in [-0.2, 0) is 0 Å². The molecule has 1 N–H and O–H groups in total. The molecule has 1 fully saturated rings. The molecule has 0 radical (unpaired) electrons. The fourth-order valence-electron chi connectivity index (χ4n) is 4.92. The van der Waals surface area contributed by atoms with Gasteiger partial charge in [0.1, 0.15) is 11.6 Å². The zero-order valence-electron chi connectivity index (χ0n) is 19.9. The van der Waals surface area contributed by atoms with Crippen LogP contribution in [0.5, 0.6) is 5.75 Å². The maximum atomic E-state index is 14.1. The van der Waals surface area contributed by atoms with Crippen molar-refractivity contribution in [1.82, 2.24) is 14.9 Å². The summed E-state index contributed by atoms with van der Waals surface area (Å²) in [5.74, 6) is 0.555. The lowest BCUT2D eigenvalue weighted by Gasteiger charge is -2.28. The van der Waals surface area contributed by atoms with Gasteiger partial charge in [-0.1, -0.05) is 12.1 Å². The molecule has 1 aliphatic heterocycles. The Kier molecular flexibility index (Phi) is 6.26. The van der Waals surface area contributed by atoms with Crippen LogP contribution in [0, 0.1) is 19.7 Å². The minimum absolute atomic E-state index is 0.149. The van der Waals surface area contributed by atoms with Gasteiger partial charge in [0, 0.05) is 29.0 Å². The van der Waals surface area contributed by atoms with Crippen LogP contribution in [0.25, 0.3) is 5.69 Å². The first-order chi connectivity index (χ1) is 17.0. The van der Waals surface area contributed by atoms with Crippen LogP contribution >= 0.6 is 12.2 Å². The molecule has 1 saturated heterocycles. The van der Waals surface area contributed by atoms with Gasteiger partial charge in [0.15, 0.2) is 5.11 Å². The number of nitrogens with zero attached hydrogens (tertiary/aromatic N) is 3. The van der Waals surface area contributed by atoms with Crippen LogP contribution in [0.3, 0.4) is 0 Å². The maximum Gasteiger partial charge on any atom is 0.174 e. The van der Waals surface area contributed by atoms with E-state index in [9.17, 15) is 4.39 Å². The lowest BCUT2D eigenvalue weighted by atomic mass is 9.96. The molecular formula is C28H27FN4OS. The Morgan fingerprint density at radius 2 is 1.80 bits per heavy atom. The van der Waals surface area contributed by atoms with E-state index in [2.05, 4.69) is 32.8 Å². The molecule has 0 amide bonds. The predicted octanol–water partition coefficient (Wildman–Crippen LogP) is 6.20. The second-order valence-electron chi connectivity index (χ2n) is 8.57. The molecule has 4 aromatic rings. The van der Waals surface area contributed by atoms with Gasteiger partial charge in [-0.05, 0) is 99.2 Å². The van der Waals surface area contributed by atoms with Crippen molar-refractivity contribution in [3.63, 3.8) is 0 Å². The SMILES string of the molecule is CCOc1ccc(N2C(=S)N[C@@H](c3ccccn3)[C@@H]2c2cc(C)n(-c3cccc(F)c3)c2C)cc1. The Bertz CT molecular complexity index is 1350. The van der Waals surface area contributed by atoms with E-state index in [1.165, 1.54) is 6.07 Å². The number of anilines is 1. The van der Waals surface area contributed by atoms with Gasteiger partial charge in [-0.25, -0.2) is 4.39 Å². The van der Waals surface area contributed by atoms with E-state index < -0.39 is 0 Å². The van der Waals surface area contributed by atoms with E-state index in [0.29, 0.717) is 11.7 Å². The predicted molar refractivity (Wildman–Crippen MR) is 141 cm³/mol. The Hall–Kier alpha value is -3.71. The normalized spacial score (nSPS) is 17.5. The number of ether oxygens (including phenoxy) is 1. The third-order valence-corrected chi connectivity index (χ3v) is 6.69. The third kappa shape index (κ3) is 4.28. The highest BCUT2D eigenvalue weighted by atomic mass is 32.1. The highest BCUT2D eigenvalue weighted by Gasteiger charge is 2.42. The van der Waals surface area contributed by atoms with E-state index in [1.54, 1.807) is 18.3 Å². The molecule has 0 saturated carbocycles. The number of hydrogen-bond donors (Lipinski definition) is 1. The molecule has 0 aliphatic carbocycles. The van der Waals surface area contributed by atoms with Gasteiger partial charge >= 0.3 is 0 Å². The third-order valence-electron chi connectivity index (χ3n) is 6.38. The highest BCUT2D eigenvalue weighted by Crippen LogP contribution is 2.44. The zero-order valence-corrected chi connectivity index (χ0v) is 20.7. The average molecular weight is 487 g/mol. The molecule has 0 bridgehead atoms. The minimum atomic E-state index is -0.261. The largest absolute Gasteiger partial charge is 0.494 e. The standard InChI is InChI=1S/C28H27FN4OS/c1-4-34-23-13-11-21(12-14-23)33-27(26(31-28(33)35)25-10-5-6-15-30-25)24-16-18(2)32(19(24)3)22-9-7-8-20(29)17-22/h5-17,26-27H,4H2,1-3H3,(H,31,35)/t26-,27-/m0/s1. The van der Waals surface area contributed by atoms with E-state index in [1.807, 2.05) is 62.4 Å². The summed E-state index contributed by atoms with van der Waals surface area (Å²) in [5.41, 5.74) is 5.81. The van der Waals surface area contributed by atoms with Gasteiger partial charge in [0.05, 0.1) is 24.4 Å². The maximum absolute atomic E-state index is 14.1. The molecule has 178 valence electrons. The first kappa shape index (κ1) is 23.1. The summed E-state index contributed by atoms with van der Waals surface area (Å²) in [4.78, 5) is 6.78. The summed E-state index contributed by atoms with van der Waals surface area (Å²) >= 11 is 5.85. The van der Waals surface area contributed by atoms with Crippen LogP contribution in [0.1, 0.15) is 41.7 Å². The first-order valence-corrected chi connectivity index (χ1v) is 12.1. The molecule has 5 rings (SSSR count). The number of aryl methyl sites for hydroxylation is 1. The van der Waals surface area contributed by atoms with Crippen LogP contribution in [0.4, 0.5) is 10.1 Å². The number of benzene rings is 2. The molecule has 2 atom stereocenters. The summed E-state index contributed by atoms with van der Waals surface area (Å²) in [6.45, 7) is 6.69. The Morgan fingerprint density at radius 1 is 1.00 bits per heavy atom. The molecule has 0 spiro atoms. The van der Waals surface area contributed by atoms with Crippen LogP contribution < -0.4 is 15.0 Å². The molecule has 35 heavy (non-hydrogen) atoms. The van der Waals surface area contributed by atoms with Crippen molar-refractivity contribution in [2.24, 2.45) is 0 Å². The summed E-state index contributed by atoms with van der Waals surface area (Å²) in [6.07, 6.45) is 1.80. The van der Waals surface area contributed by atoms with Gasteiger partial charge < -0.3 is 19.5 Å². The number of nitrogens with one attached hydrogen (secondary N) is 1. The van der Waals surface area contributed by atoms with Gasteiger partial charge in [0.25, 0.3) is 0 Å². The molecule has 5 nitrogen and oxygen atoms in total. The van der Waals surface area contributed by atoms with Gasteiger partial charge in [-0.3, -0.25) is 4.98 Å². The monoisotopic (exact) mass is 486 g/mol. The quantitative estimate of drug-likeness (QED) is 0.329. The molecular weight excluding hydrogens is 459 g/mol. The van der Waals surface area contributed by atoms with Crippen molar-refractivity contribution in [1.29, 1.82) is 0 Å². The number of hydrogen-bond acceptors (Lipinski definition) is 3. The fraction of sp³-hybridized carbons (Fsp3) is 0.214. The Balaban J connectivity index is 1.64. The van der Waals surface area contributed by atoms with Crippen molar-refractivity contribution < 1.29 is 9.13 Å². The van der Waals surface area contributed by atoms with E-state index in [4.69, 9.17) is 17.0 Å². The summed E-state index contributed by atoms with van der Waals surface area (Å²) in [5, 5.41) is 4.14. The Morgan fingerprint density at radius 3 is 2.49 bits per heavy atom. The molecule has 0 unspecified atom stereocenters. The number of thiocarbonyl (C=S) groups is 1. The number of pyridine rings is 1. The topological polar surface area (TPSA) is 42.3 Å². The fourth-order valence-corrected chi connectivity index (χ4v) is 5.26. The van der Waals surface area contributed by atoms with E-state index in [0.717, 1.165) is 39.8 Å². The number of halogens is 1. The molecule has 7 heteroatoms. The molecule has 2 aromatic heterocycles. The Labute approximate surface area is 210 Å². The van der Waals surface area contributed by atoms with Crippen molar-refractivity contribution in [3.05, 3.63) is 107 Å². The van der Waals surface area contributed by atoms with Gasteiger partial charge in [0.2, 0.25) is 0 Å². The van der Waals surface area contributed by atoms with Gasteiger partial charge in [-0.2, -0.15) is 0 Å². The first-order valence-electron chi connectivity index (χ1n) is 11.7. The summed E-state index contributed by atoms with van der Waals surface area (Å²) in [7, 11) is 0. The van der Waals surface area contributed by atoms with E-state index in [-0.39, 0.29) is 17.9 Å². The summed E-state index contributed by atoms with van der Waals surface area (Å²) in [6, 6.07) is 22.4. The second kappa shape index (κ2) is 9.50. The van der Waals surface area contributed by atoms with Crippen LogP contribution in [0.2, 0.25) is 0 Å². The van der Waals surface area contributed by atoms with Crippen molar-refractivity contribution in [3.8, 4) is 11.4 Å². The number of rotatable bonds is 6. The van der Waals surface area contributed by atoms with Crippen LogP contribution in [-0.4, -0.2) is 21.3 Å². The van der Waals surface area contributed by atoms with Crippen molar-refractivity contribution in [2.45, 2.75) is 32.9 Å². The van der Waals surface area contributed by atoms with Gasteiger partial charge in [-0.15, -0.1) is 0 Å².